The normalized spacial score (nSPS) is 14.0. The van der Waals surface area contributed by atoms with Crippen LogP contribution in [0.4, 0.5) is 17.1 Å². The van der Waals surface area contributed by atoms with E-state index in [4.69, 9.17) is 4.74 Å². The third-order valence-electron chi connectivity index (χ3n) is 10.3. The molecule has 0 saturated carbocycles. The summed E-state index contributed by atoms with van der Waals surface area (Å²) in [5, 5.41) is 3.65. The van der Waals surface area contributed by atoms with Crippen LogP contribution >= 0.6 is 0 Å². The van der Waals surface area contributed by atoms with Crippen molar-refractivity contribution in [2.45, 2.75) is 53.6 Å². The molecule has 0 atom stereocenters. The summed E-state index contributed by atoms with van der Waals surface area (Å²) in [6, 6.07) is 30.0. The zero-order valence-corrected chi connectivity index (χ0v) is 29.6. The molecule has 4 aromatic carbocycles. The van der Waals surface area contributed by atoms with E-state index in [1.807, 2.05) is 12.1 Å². The lowest BCUT2D eigenvalue weighted by Crippen LogP contribution is -2.49. The van der Waals surface area contributed by atoms with Gasteiger partial charge in [-0.15, -0.1) is 0 Å². The van der Waals surface area contributed by atoms with Crippen molar-refractivity contribution in [3.63, 3.8) is 0 Å². The average Bonchev–Trinajstić information content (AvgIpc) is 3.36. The number of benzene rings is 4. The number of carbonyl (C=O) groups is 1. The highest BCUT2D eigenvalue weighted by Crippen LogP contribution is 2.58. The topological polar surface area (TPSA) is 51.3 Å². The molecule has 1 spiro atoms. The van der Waals surface area contributed by atoms with Gasteiger partial charge in [0.15, 0.2) is 0 Å². The number of hydrogen-bond donors (Lipinski definition) is 1. The molecule has 252 valence electrons. The van der Waals surface area contributed by atoms with Crippen LogP contribution in [0.3, 0.4) is 0 Å². The zero-order chi connectivity index (χ0) is 33.8. The van der Waals surface area contributed by atoms with Gasteiger partial charge in [0.2, 0.25) is 0 Å². The molecule has 2 aliphatic rings. The SMILES string of the molecule is CCN(CC)c1ccc(CNCCN2C(=O)c3ccccc3C23c2ccc(N(CC)CC)cc2Oc2cc(N(CC)CC)ccc23)cc1. The van der Waals surface area contributed by atoms with Crippen molar-refractivity contribution in [1.82, 2.24) is 10.2 Å². The van der Waals surface area contributed by atoms with Gasteiger partial charge in [-0.2, -0.15) is 0 Å². The zero-order valence-electron chi connectivity index (χ0n) is 29.6. The maximum atomic E-state index is 14.5. The highest BCUT2D eigenvalue weighted by Gasteiger charge is 2.56. The van der Waals surface area contributed by atoms with Crippen LogP contribution in [0.25, 0.3) is 0 Å². The van der Waals surface area contributed by atoms with Crippen LogP contribution in [0.2, 0.25) is 0 Å². The quantitative estimate of drug-likeness (QED) is 0.141. The molecular weight excluding hydrogens is 594 g/mol. The van der Waals surface area contributed by atoms with Crippen LogP contribution in [-0.2, 0) is 12.1 Å². The summed E-state index contributed by atoms with van der Waals surface area (Å²) in [5.74, 6) is 1.66. The lowest BCUT2D eigenvalue weighted by molar-refractivity contribution is 0.0667. The molecule has 0 saturated heterocycles. The number of hydrogen-bond acceptors (Lipinski definition) is 6. The van der Waals surface area contributed by atoms with E-state index in [0.29, 0.717) is 13.1 Å². The van der Waals surface area contributed by atoms with Gasteiger partial charge in [-0.1, -0.05) is 42.5 Å². The van der Waals surface area contributed by atoms with Gasteiger partial charge < -0.3 is 29.7 Å². The molecule has 2 heterocycles. The first-order chi connectivity index (χ1) is 23.4. The summed E-state index contributed by atoms with van der Waals surface area (Å²) in [4.78, 5) is 23.6. The second kappa shape index (κ2) is 14.3. The summed E-state index contributed by atoms with van der Waals surface area (Å²) in [5.41, 5.74) is 7.68. The highest BCUT2D eigenvalue weighted by molar-refractivity contribution is 6.02. The molecule has 2 aliphatic heterocycles. The molecule has 0 unspecified atom stereocenters. The Morgan fingerprint density at radius 1 is 0.625 bits per heavy atom. The number of carbonyl (C=O) groups excluding carboxylic acids is 1. The summed E-state index contributed by atoms with van der Waals surface area (Å²) in [6.45, 7) is 20.6. The third-order valence-corrected chi connectivity index (χ3v) is 10.3. The van der Waals surface area contributed by atoms with E-state index in [0.717, 1.165) is 90.9 Å². The lowest BCUT2D eigenvalue weighted by atomic mass is 9.74. The summed E-state index contributed by atoms with van der Waals surface area (Å²) in [7, 11) is 0. The molecule has 48 heavy (non-hydrogen) atoms. The van der Waals surface area contributed by atoms with E-state index in [1.54, 1.807) is 0 Å². The fourth-order valence-electron chi connectivity index (χ4n) is 7.74. The Morgan fingerprint density at radius 2 is 1.12 bits per heavy atom. The Hall–Kier alpha value is -4.49. The molecule has 1 N–H and O–H groups in total. The van der Waals surface area contributed by atoms with Crippen molar-refractivity contribution in [2.24, 2.45) is 0 Å². The van der Waals surface area contributed by atoms with Crippen molar-refractivity contribution >= 4 is 23.0 Å². The molecule has 7 nitrogen and oxygen atoms in total. The molecule has 1 amide bonds. The Labute approximate surface area is 287 Å². The van der Waals surface area contributed by atoms with E-state index < -0.39 is 5.54 Å². The van der Waals surface area contributed by atoms with Gasteiger partial charge >= 0.3 is 0 Å². The largest absolute Gasteiger partial charge is 0.456 e. The van der Waals surface area contributed by atoms with Crippen molar-refractivity contribution in [3.8, 4) is 11.5 Å². The minimum absolute atomic E-state index is 0.0513. The number of anilines is 3. The van der Waals surface area contributed by atoms with Crippen LogP contribution in [0.1, 0.15) is 74.2 Å². The van der Waals surface area contributed by atoms with E-state index in [1.165, 1.54) is 11.3 Å². The number of rotatable bonds is 14. The third kappa shape index (κ3) is 5.68. The Morgan fingerprint density at radius 3 is 1.67 bits per heavy atom. The smallest absolute Gasteiger partial charge is 0.255 e. The van der Waals surface area contributed by atoms with Crippen LogP contribution in [-0.4, -0.2) is 63.2 Å². The van der Waals surface area contributed by atoms with E-state index >= 15 is 0 Å². The van der Waals surface area contributed by atoms with Crippen LogP contribution < -0.4 is 24.8 Å². The molecule has 0 fully saturated rings. The minimum Gasteiger partial charge on any atom is -0.456 e. The highest BCUT2D eigenvalue weighted by atomic mass is 16.5. The monoisotopic (exact) mass is 645 g/mol. The average molecular weight is 646 g/mol. The maximum absolute atomic E-state index is 14.5. The van der Waals surface area contributed by atoms with E-state index in [2.05, 4.69) is 139 Å². The predicted octanol–water partition coefficient (Wildman–Crippen LogP) is 7.87. The molecule has 0 aliphatic carbocycles. The molecule has 0 bridgehead atoms. The van der Waals surface area contributed by atoms with Gasteiger partial charge in [0.1, 0.15) is 17.0 Å². The number of ether oxygens (including phenoxy) is 1. The first-order valence-electron chi connectivity index (χ1n) is 17.9. The number of fused-ring (bicyclic) bond motifs is 6. The first kappa shape index (κ1) is 33.4. The van der Waals surface area contributed by atoms with Gasteiger partial charge in [0.05, 0.1) is 0 Å². The fraction of sp³-hybridized carbons (Fsp3) is 0.390. The fourth-order valence-corrected chi connectivity index (χ4v) is 7.74. The molecule has 0 aromatic heterocycles. The minimum atomic E-state index is -0.812. The first-order valence-corrected chi connectivity index (χ1v) is 17.9. The van der Waals surface area contributed by atoms with Crippen LogP contribution in [0.5, 0.6) is 11.5 Å². The van der Waals surface area contributed by atoms with Crippen molar-refractivity contribution in [2.75, 3.05) is 67.1 Å². The number of nitrogens with one attached hydrogen (secondary N) is 1. The lowest BCUT2D eigenvalue weighted by Gasteiger charge is -2.45. The molecule has 6 rings (SSSR count). The molecule has 4 aromatic rings. The second-order valence-corrected chi connectivity index (χ2v) is 12.5. The standard InChI is InChI=1S/C41H51N5O2/c1-7-43(8-2)31-19-17-30(18-20-31)29-42-25-26-46-40(47)34-15-13-14-16-35(34)41(46)36-23-21-32(44(9-3)10-4)27-38(36)48-39-28-33(22-24-37(39)41)45(11-5)12-6/h13-24,27-28,42H,7-12,25-26,29H2,1-6H3. The van der Waals surface area contributed by atoms with Crippen molar-refractivity contribution in [3.05, 3.63) is 113 Å². The Balaban J connectivity index is 1.40. The van der Waals surface area contributed by atoms with Gasteiger partial charge in [-0.25, -0.2) is 0 Å². The molecular formula is C41H51N5O2. The molecule has 0 radical (unpaired) electrons. The molecule has 7 heteroatoms. The van der Waals surface area contributed by atoms with Gasteiger partial charge in [-0.3, -0.25) is 4.79 Å². The number of nitrogens with zero attached hydrogens (tertiary/aromatic N) is 4. The summed E-state index contributed by atoms with van der Waals surface area (Å²) >= 11 is 0. The van der Waals surface area contributed by atoms with E-state index in [-0.39, 0.29) is 5.91 Å². The van der Waals surface area contributed by atoms with Crippen molar-refractivity contribution in [1.29, 1.82) is 0 Å². The Bertz CT molecular complexity index is 1660. The summed E-state index contributed by atoms with van der Waals surface area (Å²) in [6.07, 6.45) is 0. The van der Waals surface area contributed by atoms with Gasteiger partial charge in [0, 0.05) is 105 Å². The van der Waals surface area contributed by atoms with Crippen LogP contribution in [0, 0.1) is 0 Å². The van der Waals surface area contributed by atoms with E-state index in [9.17, 15) is 4.79 Å². The summed E-state index contributed by atoms with van der Waals surface area (Å²) < 4.78 is 6.84. The van der Waals surface area contributed by atoms with Gasteiger partial charge in [0.25, 0.3) is 5.91 Å². The maximum Gasteiger partial charge on any atom is 0.255 e. The van der Waals surface area contributed by atoms with Crippen LogP contribution in [0.15, 0.2) is 84.9 Å². The number of amides is 1. The van der Waals surface area contributed by atoms with Gasteiger partial charge in [-0.05, 0) is 83.0 Å². The second-order valence-electron chi connectivity index (χ2n) is 12.5. The predicted molar refractivity (Wildman–Crippen MR) is 199 cm³/mol. The van der Waals surface area contributed by atoms with Crippen molar-refractivity contribution < 1.29 is 9.53 Å². The Kier molecular flexibility index (Phi) is 9.97.